The summed E-state index contributed by atoms with van der Waals surface area (Å²) in [5.41, 5.74) is 2.19. The van der Waals surface area contributed by atoms with Crippen molar-refractivity contribution < 1.29 is 14.3 Å². The van der Waals surface area contributed by atoms with E-state index in [1.54, 1.807) is 0 Å². The molecule has 1 aliphatic rings. The molecule has 0 unspecified atom stereocenters. The van der Waals surface area contributed by atoms with Gasteiger partial charge in [-0.15, -0.1) is 0 Å². The van der Waals surface area contributed by atoms with Crippen LogP contribution in [0.5, 0.6) is 5.75 Å². The van der Waals surface area contributed by atoms with Gasteiger partial charge in [-0.25, -0.2) is 0 Å². The van der Waals surface area contributed by atoms with Crippen LogP contribution in [0.4, 0.5) is 0 Å². The summed E-state index contributed by atoms with van der Waals surface area (Å²) in [5.74, 6) is 0.494. The van der Waals surface area contributed by atoms with Crippen LogP contribution in [0.1, 0.15) is 19.4 Å². The minimum Gasteiger partial charge on any atom is -0.490 e. The summed E-state index contributed by atoms with van der Waals surface area (Å²) in [6, 6.07) is 7.06. The molecule has 21 heavy (non-hydrogen) atoms. The Balaban J connectivity index is 1.91. The number of nitrogens with one attached hydrogen (secondary N) is 2. The van der Waals surface area contributed by atoms with Crippen LogP contribution in [0.3, 0.4) is 0 Å². The minimum absolute atomic E-state index is 0.0620. The van der Waals surface area contributed by atoms with Gasteiger partial charge in [-0.3, -0.25) is 9.59 Å². The van der Waals surface area contributed by atoms with Crippen molar-refractivity contribution in [2.24, 2.45) is 0 Å². The molecule has 1 aromatic carbocycles. The van der Waals surface area contributed by atoms with Crippen molar-refractivity contribution in [1.82, 2.24) is 10.6 Å². The van der Waals surface area contributed by atoms with E-state index in [-0.39, 0.29) is 18.4 Å². The average Bonchev–Trinajstić information content (AvgIpc) is 2.44. The molecule has 1 aromatic rings. The zero-order valence-electron chi connectivity index (χ0n) is 12.3. The number of hydrogen-bond acceptors (Lipinski definition) is 3. The molecule has 1 saturated heterocycles. The summed E-state index contributed by atoms with van der Waals surface area (Å²) >= 11 is 0. The second-order valence-electron chi connectivity index (χ2n) is 5.28. The first-order valence-electron chi connectivity index (χ1n) is 6.97. The maximum Gasteiger partial charge on any atom is 0.243 e. The third-order valence-electron chi connectivity index (χ3n) is 3.18. The summed E-state index contributed by atoms with van der Waals surface area (Å²) in [6.45, 7) is 4.65. The van der Waals surface area contributed by atoms with Crippen LogP contribution in [-0.2, 0) is 16.0 Å². The number of allylic oxidation sites excluding steroid dienone is 1. The Morgan fingerprint density at radius 1 is 1.29 bits per heavy atom. The van der Waals surface area contributed by atoms with Crippen LogP contribution in [0.15, 0.2) is 35.9 Å². The summed E-state index contributed by atoms with van der Waals surface area (Å²) in [4.78, 5) is 22.9. The van der Waals surface area contributed by atoms with E-state index in [9.17, 15) is 9.59 Å². The molecule has 5 nitrogen and oxygen atoms in total. The normalized spacial score (nSPS) is 17.7. The largest absolute Gasteiger partial charge is 0.490 e. The van der Waals surface area contributed by atoms with E-state index < -0.39 is 6.04 Å². The highest BCUT2D eigenvalue weighted by Crippen LogP contribution is 2.14. The molecule has 0 aromatic heterocycles. The maximum absolute atomic E-state index is 11.7. The van der Waals surface area contributed by atoms with Gasteiger partial charge in [0.15, 0.2) is 0 Å². The van der Waals surface area contributed by atoms with Gasteiger partial charge < -0.3 is 15.4 Å². The van der Waals surface area contributed by atoms with Gasteiger partial charge in [0.05, 0.1) is 6.54 Å². The van der Waals surface area contributed by atoms with Gasteiger partial charge in [-0.1, -0.05) is 17.7 Å². The lowest BCUT2D eigenvalue weighted by molar-refractivity contribution is -0.133. The molecule has 0 saturated carbocycles. The molecule has 0 radical (unpaired) electrons. The minimum atomic E-state index is -0.497. The molecule has 1 aliphatic heterocycles. The molecule has 1 atom stereocenters. The number of hydrogen-bond donors (Lipinski definition) is 2. The predicted molar refractivity (Wildman–Crippen MR) is 80.0 cm³/mol. The highest BCUT2D eigenvalue weighted by atomic mass is 16.5. The van der Waals surface area contributed by atoms with Crippen molar-refractivity contribution in [2.45, 2.75) is 26.3 Å². The first-order valence-corrected chi connectivity index (χ1v) is 6.97. The van der Waals surface area contributed by atoms with E-state index in [1.807, 2.05) is 44.2 Å². The third kappa shape index (κ3) is 4.63. The van der Waals surface area contributed by atoms with E-state index in [2.05, 4.69) is 10.6 Å². The van der Waals surface area contributed by atoms with Crippen LogP contribution in [0.2, 0.25) is 0 Å². The Morgan fingerprint density at radius 2 is 2.00 bits per heavy atom. The van der Waals surface area contributed by atoms with Gasteiger partial charge in [0.2, 0.25) is 11.8 Å². The number of piperazine rings is 1. The number of carbonyl (C=O) groups excluding carboxylic acids is 2. The lowest BCUT2D eigenvalue weighted by Crippen LogP contribution is -2.56. The molecule has 1 heterocycles. The topological polar surface area (TPSA) is 67.4 Å². The summed E-state index contributed by atoms with van der Waals surface area (Å²) in [5, 5.41) is 5.26. The number of carbonyl (C=O) groups is 2. The van der Waals surface area contributed by atoms with Crippen molar-refractivity contribution in [3.05, 3.63) is 41.5 Å². The Morgan fingerprint density at radius 3 is 2.67 bits per heavy atom. The Labute approximate surface area is 124 Å². The van der Waals surface area contributed by atoms with Gasteiger partial charge in [0, 0.05) is 6.42 Å². The molecule has 2 amide bonds. The Bertz CT molecular complexity index is 545. The van der Waals surface area contributed by atoms with Gasteiger partial charge >= 0.3 is 0 Å². The van der Waals surface area contributed by atoms with E-state index in [0.29, 0.717) is 13.0 Å². The quantitative estimate of drug-likeness (QED) is 0.800. The summed E-state index contributed by atoms with van der Waals surface area (Å²) in [7, 11) is 0. The molecule has 0 bridgehead atoms. The highest BCUT2D eigenvalue weighted by Gasteiger charge is 2.25. The van der Waals surface area contributed by atoms with Gasteiger partial charge in [-0.2, -0.15) is 0 Å². The number of ether oxygens (including phenoxy) is 1. The van der Waals surface area contributed by atoms with Crippen molar-refractivity contribution in [1.29, 1.82) is 0 Å². The second kappa shape index (κ2) is 6.92. The van der Waals surface area contributed by atoms with Crippen LogP contribution in [-0.4, -0.2) is 31.0 Å². The maximum atomic E-state index is 11.7. The molecule has 112 valence electrons. The van der Waals surface area contributed by atoms with Crippen LogP contribution >= 0.6 is 0 Å². The van der Waals surface area contributed by atoms with Gasteiger partial charge in [0.1, 0.15) is 18.4 Å². The molecular weight excluding hydrogens is 268 g/mol. The fraction of sp³-hybridized carbons (Fsp3) is 0.375. The Kier molecular flexibility index (Phi) is 4.98. The van der Waals surface area contributed by atoms with Crippen molar-refractivity contribution in [3.8, 4) is 5.75 Å². The zero-order valence-corrected chi connectivity index (χ0v) is 12.3. The summed E-state index contributed by atoms with van der Waals surface area (Å²) < 4.78 is 5.57. The first kappa shape index (κ1) is 15.1. The average molecular weight is 288 g/mol. The second-order valence-corrected chi connectivity index (χ2v) is 5.28. The van der Waals surface area contributed by atoms with E-state index in [0.717, 1.165) is 11.3 Å². The Hall–Kier alpha value is -2.30. The molecule has 2 N–H and O–H groups in total. The third-order valence-corrected chi connectivity index (χ3v) is 3.18. The lowest BCUT2D eigenvalue weighted by Gasteiger charge is -2.23. The van der Waals surface area contributed by atoms with Crippen molar-refractivity contribution >= 4 is 11.8 Å². The van der Waals surface area contributed by atoms with E-state index in [1.165, 1.54) is 5.57 Å². The number of benzene rings is 1. The first-order chi connectivity index (χ1) is 10.0. The molecule has 1 fully saturated rings. The van der Waals surface area contributed by atoms with E-state index >= 15 is 0 Å². The molecule has 5 heteroatoms. The van der Waals surface area contributed by atoms with Gasteiger partial charge in [0.25, 0.3) is 0 Å². The molecular formula is C16H20N2O3. The van der Waals surface area contributed by atoms with Crippen LogP contribution in [0.25, 0.3) is 0 Å². The zero-order chi connectivity index (χ0) is 15.2. The van der Waals surface area contributed by atoms with Crippen LogP contribution < -0.4 is 15.4 Å². The molecule has 0 spiro atoms. The fourth-order valence-corrected chi connectivity index (χ4v) is 2.01. The number of amides is 2. The van der Waals surface area contributed by atoms with Crippen LogP contribution in [0, 0.1) is 0 Å². The standard InChI is InChI=1S/C16H20N2O3/c1-11(2)7-8-21-13-5-3-12(4-6-13)9-14-16(20)17-10-15(19)18-14/h3-7,14H,8-10H2,1-2H3,(H,17,20)(H,18,19)/t14-/m0/s1. The fourth-order valence-electron chi connectivity index (χ4n) is 2.01. The van der Waals surface area contributed by atoms with Crippen molar-refractivity contribution in [2.75, 3.05) is 13.2 Å². The van der Waals surface area contributed by atoms with Gasteiger partial charge in [-0.05, 0) is 37.6 Å². The number of rotatable bonds is 5. The smallest absolute Gasteiger partial charge is 0.243 e. The SMILES string of the molecule is CC(C)=CCOc1ccc(C[C@@H]2NC(=O)CNC2=O)cc1. The predicted octanol–water partition coefficient (Wildman–Crippen LogP) is 1.19. The summed E-state index contributed by atoms with van der Waals surface area (Å²) in [6.07, 6.45) is 2.49. The highest BCUT2D eigenvalue weighted by molar-refractivity contribution is 5.94. The van der Waals surface area contributed by atoms with Crippen molar-refractivity contribution in [3.63, 3.8) is 0 Å². The molecule has 2 rings (SSSR count). The lowest BCUT2D eigenvalue weighted by atomic mass is 10.0. The molecule has 0 aliphatic carbocycles. The monoisotopic (exact) mass is 288 g/mol. The van der Waals surface area contributed by atoms with E-state index in [4.69, 9.17) is 4.74 Å².